The molecule has 0 aliphatic carbocycles. The molecule has 1 aliphatic heterocycles. The minimum absolute atomic E-state index is 0. The summed E-state index contributed by atoms with van der Waals surface area (Å²) >= 11 is 0. The first kappa shape index (κ1) is 25.1. The van der Waals surface area contributed by atoms with Crippen LogP contribution in [0.1, 0.15) is 17.5 Å². The third-order valence-corrected chi connectivity index (χ3v) is 5.25. The zero-order chi connectivity index (χ0) is 21.0. The van der Waals surface area contributed by atoms with Gasteiger partial charge in [-0.1, -0.05) is 60.7 Å². The predicted octanol–water partition coefficient (Wildman–Crippen LogP) is 3.08. The Morgan fingerprint density at radius 3 is 2.42 bits per heavy atom. The highest BCUT2D eigenvalue weighted by Crippen LogP contribution is 2.17. The first-order valence-corrected chi connectivity index (χ1v) is 10.6. The van der Waals surface area contributed by atoms with Gasteiger partial charge in [0, 0.05) is 32.6 Å². The average Bonchev–Trinajstić information content (AvgIpc) is 3.24. The summed E-state index contributed by atoms with van der Waals surface area (Å²) in [4.78, 5) is 18.7. The van der Waals surface area contributed by atoms with Crippen LogP contribution in [0.5, 0.6) is 0 Å². The normalized spacial score (nSPS) is 16.0. The molecule has 1 aliphatic rings. The number of likely N-dealkylation sites (tertiary alicyclic amines) is 1. The topological polar surface area (TPSA) is 66.0 Å². The molecule has 2 N–H and O–H groups in total. The second-order valence-electron chi connectivity index (χ2n) is 7.59. The highest BCUT2D eigenvalue weighted by Gasteiger charge is 2.25. The molecule has 6 nitrogen and oxygen atoms in total. The summed E-state index contributed by atoms with van der Waals surface area (Å²) in [6, 6.07) is 20.4. The molecular formula is C24H33IN4O2. The number of nitrogens with one attached hydrogen (secondary N) is 2. The van der Waals surface area contributed by atoms with Crippen molar-refractivity contribution in [3.63, 3.8) is 0 Å². The number of halogens is 1. The molecule has 3 rings (SSSR count). The number of nitrogens with zero attached hydrogens (tertiary/aromatic N) is 2. The molecule has 7 heteroatoms. The van der Waals surface area contributed by atoms with E-state index >= 15 is 0 Å². The monoisotopic (exact) mass is 536 g/mol. The summed E-state index contributed by atoms with van der Waals surface area (Å²) in [5.74, 6) is 1.24. The zero-order valence-corrected chi connectivity index (χ0v) is 20.5. The Morgan fingerprint density at radius 2 is 1.74 bits per heavy atom. The van der Waals surface area contributed by atoms with E-state index in [9.17, 15) is 4.79 Å². The Hall–Kier alpha value is -2.13. The van der Waals surface area contributed by atoms with Crippen LogP contribution < -0.4 is 10.6 Å². The lowest BCUT2D eigenvalue weighted by molar-refractivity contribution is -0.120. The molecule has 2 aromatic carbocycles. The molecule has 1 unspecified atom stereocenters. The number of hydrogen-bond donors (Lipinski definition) is 2. The zero-order valence-electron chi connectivity index (χ0n) is 18.1. The van der Waals surface area contributed by atoms with Gasteiger partial charge in [0.2, 0.25) is 5.91 Å². The van der Waals surface area contributed by atoms with Crippen LogP contribution in [0.4, 0.5) is 0 Å². The molecule has 1 saturated heterocycles. The standard InChI is InChI=1S/C24H32N4O2.HI/c1-25-24(27-16-23(29)26-14-12-20-8-4-2-5-9-20)28-15-13-22(17-28)19-30-18-21-10-6-3-7-11-21;/h2-11,22H,12-19H2,1H3,(H,25,27)(H,26,29);1H. The third-order valence-electron chi connectivity index (χ3n) is 5.25. The molecule has 0 saturated carbocycles. The van der Waals surface area contributed by atoms with Gasteiger partial charge in [-0.2, -0.15) is 0 Å². The van der Waals surface area contributed by atoms with Crippen LogP contribution in [0.25, 0.3) is 0 Å². The summed E-state index contributed by atoms with van der Waals surface area (Å²) in [6.45, 7) is 4.06. The molecule has 1 heterocycles. The van der Waals surface area contributed by atoms with Gasteiger partial charge in [-0.15, -0.1) is 24.0 Å². The van der Waals surface area contributed by atoms with Crippen molar-refractivity contribution in [2.75, 3.05) is 39.8 Å². The highest BCUT2D eigenvalue weighted by atomic mass is 127. The summed E-state index contributed by atoms with van der Waals surface area (Å²) in [5.41, 5.74) is 2.42. The Bertz CT molecular complexity index is 802. The van der Waals surface area contributed by atoms with Gasteiger partial charge in [0.25, 0.3) is 0 Å². The maximum absolute atomic E-state index is 12.1. The van der Waals surface area contributed by atoms with Gasteiger partial charge in [-0.05, 0) is 24.0 Å². The van der Waals surface area contributed by atoms with E-state index in [-0.39, 0.29) is 36.4 Å². The van der Waals surface area contributed by atoms with Crippen LogP contribution in [0, 0.1) is 5.92 Å². The van der Waals surface area contributed by atoms with E-state index in [1.807, 2.05) is 36.4 Å². The molecule has 0 bridgehead atoms. The number of carbonyl (C=O) groups excluding carboxylic acids is 1. The lowest BCUT2D eigenvalue weighted by Gasteiger charge is -2.21. The summed E-state index contributed by atoms with van der Waals surface area (Å²) in [7, 11) is 1.76. The van der Waals surface area contributed by atoms with Gasteiger partial charge in [0.05, 0.1) is 19.8 Å². The van der Waals surface area contributed by atoms with E-state index < -0.39 is 0 Å². The van der Waals surface area contributed by atoms with E-state index in [2.05, 4.69) is 44.8 Å². The molecule has 31 heavy (non-hydrogen) atoms. The van der Waals surface area contributed by atoms with E-state index in [1.54, 1.807) is 7.05 Å². The van der Waals surface area contributed by atoms with Crippen molar-refractivity contribution < 1.29 is 9.53 Å². The average molecular weight is 536 g/mol. The largest absolute Gasteiger partial charge is 0.376 e. The number of amides is 1. The number of hydrogen-bond acceptors (Lipinski definition) is 3. The second kappa shape index (κ2) is 14.0. The van der Waals surface area contributed by atoms with Gasteiger partial charge in [-0.3, -0.25) is 9.79 Å². The van der Waals surface area contributed by atoms with Crippen LogP contribution in [0.2, 0.25) is 0 Å². The molecule has 0 aromatic heterocycles. The van der Waals surface area contributed by atoms with Crippen molar-refractivity contribution in [2.45, 2.75) is 19.4 Å². The van der Waals surface area contributed by atoms with E-state index in [0.29, 0.717) is 19.1 Å². The minimum Gasteiger partial charge on any atom is -0.376 e. The van der Waals surface area contributed by atoms with Crippen molar-refractivity contribution in [2.24, 2.45) is 10.9 Å². The van der Waals surface area contributed by atoms with E-state index in [1.165, 1.54) is 11.1 Å². The van der Waals surface area contributed by atoms with Crippen LogP contribution in [0.15, 0.2) is 65.7 Å². The quantitative estimate of drug-likeness (QED) is 0.294. The minimum atomic E-state index is -0.0194. The molecule has 1 amide bonds. The molecule has 2 aromatic rings. The number of benzene rings is 2. The molecule has 1 atom stereocenters. The van der Waals surface area contributed by atoms with Gasteiger partial charge in [-0.25, -0.2) is 0 Å². The summed E-state index contributed by atoms with van der Waals surface area (Å²) in [6.07, 6.45) is 1.90. The van der Waals surface area contributed by atoms with Crippen molar-refractivity contribution in [3.8, 4) is 0 Å². The number of guanidine groups is 1. The summed E-state index contributed by atoms with van der Waals surface area (Å²) < 4.78 is 5.89. The number of carbonyl (C=O) groups is 1. The SMILES string of the molecule is CN=C(NCC(=O)NCCc1ccccc1)N1CCC(COCc2ccccc2)C1.I. The Labute approximate surface area is 202 Å². The van der Waals surface area contributed by atoms with Crippen LogP contribution in [-0.2, 0) is 22.6 Å². The first-order valence-electron chi connectivity index (χ1n) is 10.6. The molecule has 0 radical (unpaired) electrons. The Kier molecular flexibility index (Phi) is 11.4. The van der Waals surface area contributed by atoms with E-state index in [4.69, 9.17) is 4.74 Å². The van der Waals surface area contributed by atoms with Crippen molar-refractivity contribution in [1.29, 1.82) is 0 Å². The fraction of sp³-hybridized carbons (Fsp3) is 0.417. The number of aliphatic imine (C=N–C) groups is 1. The lowest BCUT2D eigenvalue weighted by Crippen LogP contribution is -2.45. The summed E-state index contributed by atoms with van der Waals surface area (Å²) in [5, 5.41) is 6.14. The fourth-order valence-corrected chi connectivity index (χ4v) is 3.62. The van der Waals surface area contributed by atoms with Gasteiger partial charge >= 0.3 is 0 Å². The smallest absolute Gasteiger partial charge is 0.239 e. The van der Waals surface area contributed by atoms with Gasteiger partial charge in [0.15, 0.2) is 5.96 Å². The van der Waals surface area contributed by atoms with Crippen LogP contribution in [0.3, 0.4) is 0 Å². The lowest BCUT2D eigenvalue weighted by atomic mass is 10.1. The molecular weight excluding hydrogens is 503 g/mol. The van der Waals surface area contributed by atoms with E-state index in [0.717, 1.165) is 38.5 Å². The predicted molar refractivity (Wildman–Crippen MR) is 136 cm³/mol. The molecule has 168 valence electrons. The Balaban J connectivity index is 0.00000341. The Morgan fingerprint density at radius 1 is 1.06 bits per heavy atom. The van der Waals surface area contributed by atoms with Gasteiger partial charge < -0.3 is 20.3 Å². The molecule has 0 spiro atoms. The fourth-order valence-electron chi connectivity index (χ4n) is 3.62. The second-order valence-corrected chi connectivity index (χ2v) is 7.59. The maximum atomic E-state index is 12.1. The first-order chi connectivity index (χ1) is 14.7. The van der Waals surface area contributed by atoms with Crippen molar-refractivity contribution in [3.05, 3.63) is 71.8 Å². The highest BCUT2D eigenvalue weighted by molar-refractivity contribution is 14.0. The van der Waals surface area contributed by atoms with Crippen LogP contribution >= 0.6 is 24.0 Å². The molecule has 1 fully saturated rings. The number of rotatable bonds is 9. The third kappa shape index (κ3) is 8.86. The van der Waals surface area contributed by atoms with Crippen LogP contribution in [-0.4, -0.2) is 56.6 Å². The maximum Gasteiger partial charge on any atom is 0.239 e. The number of ether oxygens (including phenoxy) is 1. The van der Waals surface area contributed by atoms with Gasteiger partial charge in [0.1, 0.15) is 0 Å². The van der Waals surface area contributed by atoms with Crippen molar-refractivity contribution in [1.82, 2.24) is 15.5 Å². The van der Waals surface area contributed by atoms with Crippen molar-refractivity contribution >= 4 is 35.8 Å².